The van der Waals surface area contributed by atoms with E-state index in [9.17, 15) is 13.6 Å². The summed E-state index contributed by atoms with van der Waals surface area (Å²) in [5.41, 5.74) is -0.956. The van der Waals surface area contributed by atoms with Gasteiger partial charge in [0.1, 0.15) is 23.4 Å². The van der Waals surface area contributed by atoms with Crippen molar-refractivity contribution >= 4 is 0 Å². The smallest absolute Gasteiger partial charge is 0.265 e. The molecule has 0 saturated carbocycles. The summed E-state index contributed by atoms with van der Waals surface area (Å²) in [5, 5.41) is 14.4. The molecule has 2 aromatic rings. The Balaban J connectivity index is 2.73. The molecule has 0 aliphatic heterocycles. The van der Waals surface area contributed by atoms with Crippen LogP contribution in [0, 0.1) is 23.0 Å². The number of H-pyrrole nitrogens is 1. The number of halogens is 2. The van der Waals surface area contributed by atoms with Gasteiger partial charge in [0, 0.05) is 11.6 Å². The molecule has 0 amide bonds. The largest absolute Gasteiger partial charge is 0.268 e. The van der Waals surface area contributed by atoms with E-state index in [1.54, 1.807) is 6.07 Å². The molecule has 1 aromatic heterocycles. The van der Waals surface area contributed by atoms with Crippen molar-refractivity contribution in [1.29, 1.82) is 5.26 Å². The highest BCUT2D eigenvalue weighted by Gasteiger charge is 2.13. The molecule has 1 heterocycles. The van der Waals surface area contributed by atoms with Crippen LogP contribution in [0.3, 0.4) is 0 Å². The van der Waals surface area contributed by atoms with Gasteiger partial charge in [-0.15, -0.1) is 0 Å². The van der Waals surface area contributed by atoms with Gasteiger partial charge in [-0.25, -0.2) is 13.9 Å². The second-order valence-corrected chi connectivity index (χ2v) is 3.23. The second-order valence-electron chi connectivity index (χ2n) is 3.23. The van der Waals surface area contributed by atoms with Crippen LogP contribution in [0.2, 0.25) is 0 Å². The maximum Gasteiger partial charge on any atom is 0.265 e. The van der Waals surface area contributed by atoms with E-state index in [2.05, 4.69) is 10.2 Å². The molecule has 0 aliphatic carbocycles. The Bertz CT molecular complexity index is 673. The maximum absolute atomic E-state index is 13.5. The van der Waals surface area contributed by atoms with Crippen LogP contribution in [-0.2, 0) is 0 Å². The Morgan fingerprint density at radius 3 is 2.76 bits per heavy atom. The number of aromatic amines is 1. The van der Waals surface area contributed by atoms with Crippen molar-refractivity contribution in [2.24, 2.45) is 0 Å². The van der Waals surface area contributed by atoms with E-state index in [1.807, 2.05) is 0 Å². The van der Waals surface area contributed by atoms with Crippen molar-refractivity contribution < 1.29 is 8.78 Å². The lowest BCUT2D eigenvalue weighted by molar-refractivity contribution is 0.602. The normalized spacial score (nSPS) is 9.94. The SMILES string of the molecule is N#Cc1cc(=O)[nH]nc1-c1cc(F)ccc1F. The van der Waals surface area contributed by atoms with Crippen LogP contribution in [0.25, 0.3) is 11.3 Å². The van der Waals surface area contributed by atoms with Crippen LogP contribution in [0.4, 0.5) is 8.78 Å². The Morgan fingerprint density at radius 1 is 1.29 bits per heavy atom. The first kappa shape index (κ1) is 11.0. The molecule has 0 aliphatic rings. The Labute approximate surface area is 94.1 Å². The van der Waals surface area contributed by atoms with Gasteiger partial charge in [0.2, 0.25) is 0 Å². The molecule has 4 nitrogen and oxygen atoms in total. The van der Waals surface area contributed by atoms with Gasteiger partial charge in [-0.2, -0.15) is 10.4 Å². The minimum absolute atomic E-state index is 0.0934. The molecule has 0 atom stereocenters. The zero-order valence-corrected chi connectivity index (χ0v) is 8.37. The molecule has 0 radical (unpaired) electrons. The van der Waals surface area contributed by atoms with Gasteiger partial charge in [0.15, 0.2) is 0 Å². The molecule has 84 valence electrons. The summed E-state index contributed by atoms with van der Waals surface area (Å²) in [6.07, 6.45) is 0. The second kappa shape index (κ2) is 4.14. The molecule has 0 saturated heterocycles. The lowest BCUT2D eigenvalue weighted by Crippen LogP contribution is -2.09. The number of hydrogen-bond donors (Lipinski definition) is 1. The predicted molar refractivity (Wildman–Crippen MR) is 54.9 cm³/mol. The molecule has 1 N–H and O–H groups in total. The Hall–Kier alpha value is -2.55. The third kappa shape index (κ3) is 2.03. The number of aromatic nitrogens is 2. The van der Waals surface area contributed by atoms with Gasteiger partial charge >= 0.3 is 0 Å². The molecule has 6 heteroatoms. The minimum Gasteiger partial charge on any atom is -0.268 e. The Morgan fingerprint density at radius 2 is 2.06 bits per heavy atom. The maximum atomic E-state index is 13.5. The zero-order chi connectivity index (χ0) is 12.4. The van der Waals surface area contributed by atoms with Gasteiger partial charge in [-0.05, 0) is 18.2 Å². The highest BCUT2D eigenvalue weighted by Crippen LogP contribution is 2.23. The van der Waals surface area contributed by atoms with E-state index >= 15 is 0 Å². The molecule has 0 bridgehead atoms. The molecule has 0 spiro atoms. The fraction of sp³-hybridized carbons (Fsp3) is 0. The molecule has 0 unspecified atom stereocenters. The first-order chi connectivity index (χ1) is 8.11. The summed E-state index contributed by atoms with van der Waals surface area (Å²) >= 11 is 0. The molecule has 1 aromatic carbocycles. The zero-order valence-electron chi connectivity index (χ0n) is 8.37. The molecular weight excluding hydrogens is 228 g/mol. The van der Waals surface area contributed by atoms with Crippen molar-refractivity contribution in [3.8, 4) is 17.3 Å². The van der Waals surface area contributed by atoms with E-state index in [4.69, 9.17) is 5.26 Å². The summed E-state index contributed by atoms with van der Waals surface area (Å²) in [6.45, 7) is 0. The van der Waals surface area contributed by atoms with E-state index < -0.39 is 17.2 Å². The highest BCUT2D eigenvalue weighted by molar-refractivity contribution is 5.66. The molecule has 0 fully saturated rings. The standard InChI is InChI=1S/C11H5F2N3O/c12-7-1-2-9(13)8(4-7)11-6(5-14)3-10(17)15-16-11/h1-4H,(H,15,17). The van der Waals surface area contributed by atoms with Crippen LogP contribution in [-0.4, -0.2) is 10.2 Å². The lowest BCUT2D eigenvalue weighted by Gasteiger charge is -2.03. The summed E-state index contributed by atoms with van der Waals surface area (Å²) in [6, 6.07) is 5.49. The van der Waals surface area contributed by atoms with Crippen molar-refractivity contribution in [3.05, 3.63) is 51.8 Å². The number of benzene rings is 1. The fourth-order valence-corrected chi connectivity index (χ4v) is 1.37. The van der Waals surface area contributed by atoms with Crippen LogP contribution in [0.1, 0.15) is 5.56 Å². The number of nitrogens with zero attached hydrogens (tertiary/aromatic N) is 2. The van der Waals surface area contributed by atoms with Gasteiger partial charge in [-0.3, -0.25) is 4.79 Å². The summed E-state index contributed by atoms with van der Waals surface area (Å²) in [5.74, 6) is -1.37. The van der Waals surface area contributed by atoms with E-state index in [0.29, 0.717) is 0 Å². The fourth-order valence-electron chi connectivity index (χ4n) is 1.37. The van der Waals surface area contributed by atoms with E-state index in [1.165, 1.54) is 0 Å². The average molecular weight is 233 g/mol. The summed E-state index contributed by atoms with van der Waals surface area (Å²) < 4.78 is 26.5. The third-order valence-corrected chi connectivity index (χ3v) is 2.11. The van der Waals surface area contributed by atoms with Crippen LogP contribution < -0.4 is 5.56 Å². The van der Waals surface area contributed by atoms with Crippen LogP contribution in [0.15, 0.2) is 29.1 Å². The summed E-state index contributed by atoms with van der Waals surface area (Å²) in [4.78, 5) is 10.9. The van der Waals surface area contributed by atoms with Gasteiger partial charge in [0.25, 0.3) is 5.56 Å². The number of hydrogen-bond acceptors (Lipinski definition) is 3. The molecule has 2 rings (SSSR count). The van der Waals surface area contributed by atoms with Gasteiger partial charge in [0.05, 0.1) is 5.56 Å². The monoisotopic (exact) mass is 233 g/mol. The van der Waals surface area contributed by atoms with E-state index in [-0.39, 0.29) is 16.8 Å². The lowest BCUT2D eigenvalue weighted by atomic mass is 10.1. The summed E-state index contributed by atoms with van der Waals surface area (Å²) in [7, 11) is 0. The number of rotatable bonds is 1. The topological polar surface area (TPSA) is 69.5 Å². The van der Waals surface area contributed by atoms with Crippen LogP contribution >= 0.6 is 0 Å². The average Bonchev–Trinajstić information content (AvgIpc) is 2.32. The van der Waals surface area contributed by atoms with E-state index in [0.717, 1.165) is 24.3 Å². The first-order valence-corrected chi connectivity index (χ1v) is 4.57. The quantitative estimate of drug-likeness (QED) is 0.813. The van der Waals surface area contributed by atoms with Gasteiger partial charge in [-0.1, -0.05) is 0 Å². The predicted octanol–water partition coefficient (Wildman–Crippen LogP) is 1.59. The molecule has 17 heavy (non-hydrogen) atoms. The Kier molecular flexibility index (Phi) is 2.66. The first-order valence-electron chi connectivity index (χ1n) is 4.57. The van der Waals surface area contributed by atoms with Crippen LogP contribution in [0.5, 0.6) is 0 Å². The van der Waals surface area contributed by atoms with Crippen molar-refractivity contribution in [2.45, 2.75) is 0 Å². The van der Waals surface area contributed by atoms with Crippen molar-refractivity contribution in [3.63, 3.8) is 0 Å². The van der Waals surface area contributed by atoms with Crippen molar-refractivity contribution in [2.75, 3.05) is 0 Å². The molecular formula is C11H5F2N3O. The van der Waals surface area contributed by atoms with Crippen molar-refractivity contribution in [1.82, 2.24) is 10.2 Å². The number of nitriles is 1. The third-order valence-electron chi connectivity index (χ3n) is 2.11. The van der Waals surface area contributed by atoms with Gasteiger partial charge < -0.3 is 0 Å². The number of nitrogens with one attached hydrogen (secondary N) is 1. The highest BCUT2D eigenvalue weighted by atomic mass is 19.1. The minimum atomic E-state index is -0.720.